The van der Waals surface area contributed by atoms with Gasteiger partial charge in [-0.3, -0.25) is 9.69 Å². The Bertz CT molecular complexity index is 657. The third kappa shape index (κ3) is 5.96. The van der Waals surface area contributed by atoms with Gasteiger partial charge in [0.2, 0.25) is 15.9 Å². The summed E-state index contributed by atoms with van der Waals surface area (Å²) < 4.78 is 37.3. The highest BCUT2D eigenvalue weighted by Gasteiger charge is 2.22. The van der Waals surface area contributed by atoms with E-state index in [1.165, 1.54) is 26.2 Å². The maximum absolute atomic E-state index is 12.3. The highest BCUT2D eigenvalue weighted by Crippen LogP contribution is 2.15. The van der Waals surface area contributed by atoms with Gasteiger partial charge >= 0.3 is 0 Å². The molecule has 2 rings (SSSR count). The van der Waals surface area contributed by atoms with Crippen LogP contribution in [0.5, 0.6) is 5.75 Å². The molecule has 0 aliphatic carbocycles. The first-order valence-electron chi connectivity index (χ1n) is 8.16. The van der Waals surface area contributed by atoms with Gasteiger partial charge in [-0.1, -0.05) is 0 Å². The van der Waals surface area contributed by atoms with Crippen molar-refractivity contribution in [2.75, 3.05) is 46.5 Å². The molecule has 1 fully saturated rings. The molecule has 140 valence electrons. The van der Waals surface area contributed by atoms with Crippen LogP contribution in [0.15, 0.2) is 29.2 Å². The molecule has 1 aromatic carbocycles. The minimum Gasteiger partial charge on any atom is -0.497 e. The smallest absolute Gasteiger partial charge is 0.241 e. The quantitative estimate of drug-likeness (QED) is 0.658. The summed E-state index contributed by atoms with van der Waals surface area (Å²) in [4.78, 5) is 14.4. The van der Waals surface area contributed by atoms with Gasteiger partial charge in [0, 0.05) is 26.2 Å². The van der Waals surface area contributed by atoms with Crippen LogP contribution in [0.1, 0.15) is 6.92 Å². The van der Waals surface area contributed by atoms with Crippen molar-refractivity contribution in [3.8, 4) is 5.75 Å². The van der Waals surface area contributed by atoms with Crippen molar-refractivity contribution in [3.63, 3.8) is 0 Å². The molecular weight excluding hydrogens is 346 g/mol. The Morgan fingerprint density at radius 2 is 1.92 bits per heavy atom. The van der Waals surface area contributed by atoms with Crippen LogP contribution in [0.4, 0.5) is 0 Å². The summed E-state index contributed by atoms with van der Waals surface area (Å²) in [5.74, 6) is 0.207. The van der Waals surface area contributed by atoms with Crippen LogP contribution in [0.3, 0.4) is 0 Å². The Labute approximate surface area is 148 Å². The van der Waals surface area contributed by atoms with Crippen molar-refractivity contribution < 1.29 is 22.7 Å². The van der Waals surface area contributed by atoms with Crippen LogP contribution in [0.25, 0.3) is 0 Å². The second-order valence-corrected chi connectivity index (χ2v) is 7.48. The molecule has 25 heavy (non-hydrogen) atoms. The summed E-state index contributed by atoms with van der Waals surface area (Å²) in [6.07, 6.45) is 0. The molecule has 1 aliphatic rings. The molecule has 1 heterocycles. The summed E-state index contributed by atoms with van der Waals surface area (Å²) in [6, 6.07) is 5.12. The zero-order valence-electron chi connectivity index (χ0n) is 14.5. The predicted octanol–water partition coefficient (Wildman–Crippen LogP) is -0.190. The molecule has 2 N–H and O–H groups in total. The molecule has 9 heteroatoms. The second-order valence-electron chi connectivity index (χ2n) is 5.76. The number of amides is 1. The lowest BCUT2D eigenvalue weighted by atomic mass is 10.3. The largest absolute Gasteiger partial charge is 0.497 e. The normalized spacial score (nSPS) is 17.0. The minimum atomic E-state index is -3.77. The number of nitrogens with zero attached hydrogens (tertiary/aromatic N) is 1. The number of sulfonamides is 1. The Kier molecular flexibility index (Phi) is 7.18. The van der Waals surface area contributed by atoms with Gasteiger partial charge in [-0.25, -0.2) is 8.42 Å². The number of ether oxygens (including phenoxy) is 2. The van der Waals surface area contributed by atoms with Crippen LogP contribution in [0, 0.1) is 0 Å². The number of hydrogen-bond donors (Lipinski definition) is 2. The van der Waals surface area contributed by atoms with E-state index in [1.54, 1.807) is 12.1 Å². The van der Waals surface area contributed by atoms with Gasteiger partial charge in [0.15, 0.2) is 0 Å². The van der Waals surface area contributed by atoms with E-state index in [0.29, 0.717) is 32.1 Å². The van der Waals surface area contributed by atoms with Crippen LogP contribution in [0.2, 0.25) is 0 Å². The zero-order valence-corrected chi connectivity index (χ0v) is 15.3. The van der Waals surface area contributed by atoms with Crippen molar-refractivity contribution in [1.29, 1.82) is 0 Å². The van der Waals surface area contributed by atoms with Gasteiger partial charge in [-0.15, -0.1) is 0 Å². The molecule has 0 bridgehead atoms. The van der Waals surface area contributed by atoms with Gasteiger partial charge in [0.1, 0.15) is 5.75 Å². The number of morpholine rings is 1. The van der Waals surface area contributed by atoms with E-state index < -0.39 is 16.1 Å². The summed E-state index contributed by atoms with van der Waals surface area (Å²) in [6.45, 7) is 5.79. The topological polar surface area (TPSA) is 97.0 Å². The fourth-order valence-electron chi connectivity index (χ4n) is 2.42. The summed E-state index contributed by atoms with van der Waals surface area (Å²) in [7, 11) is -2.26. The van der Waals surface area contributed by atoms with E-state index in [1.807, 2.05) is 0 Å². The number of rotatable bonds is 8. The molecule has 0 spiro atoms. The van der Waals surface area contributed by atoms with Gasteiger partial charge in [-0.2, -0.15) is 4.72 Å². The minimum absolute atomic E-state index is 0.0845. The van der Waals surface area contributed by atoms with Gasteiger partial charge in [0.25, 0.3) is 0 Å². The van der Waals surface area contributed by atoms with E-state index in [4.69, 9.17) is 9.47 Å². The molecule has 1 aliphatic heterocycles. The lowest BCUT2D eigenvalue weighted by Gasteiger charge is -2.26. The Balaban J connectivity index is 1.81. The van der Waals surface area contributed by atoms with Crippen LogP contribution in [-0.2, 0) is 19.6 Å². The molecule has 1 amide bonds. The molecule has 0 radical (unpaired) electrons. The van der Waals surface area contributed by atoms with E-state index in [-0.39, 0.29) is 10.8 Å². The third-order valence-electron chi connectivity index (χ3n) is 3.93. The number of carbonyl (C=O) groups excluding carboxylic acids is 1. The van der Waals surface area contributed by atoms with Gasteiger partial charge in [-0.05, 0) is 31.2 Å². The predicted molar refractivity (Wildman–Crippen MR) is 93.0 cm³/mol. The first-order valence-corrected chi connectivity index (χ1v) is 9.65. The van der Waals surface area contributed by atoms with Gasteiger partial charge < -0.3 is 14.8 Å². The number of methoxy groups -OCH3 is 1. The molecule has 1 aromatic rings. The number of benzene rings is 1. The maximum atomic E-state index is 12.3. The average Bonchev–Trinajstić information content (AvgIpc) is 2.62. The average molecular weight is 371 g/mol. The first kappa shape index (κ1) is 19.6. The highest BCUT2D eigenvalue weighted by molar-refractivity contribution is 7.89. The van der Waals surface area contributed by atoms with Crippen molar-refractivity contribution in [2.45, 2.75) is 17.9 Å². The first-order chi connectivity index (χ1) is 11.9. The van der Waals surface area contributed by atoms with Gasteiger partial charge in [0.05, 0.1) is 31.3 Å². The molecule has 0 saturated carbocycles. The van der Waals surface area contributed by atoms with E-state index >= 15 is 0 Å². The molecule has 0 unspecified atom stereocenters. The van der Waals surface area contributed by atoms with Crippen molar-refractivity contribution in [3.05, 3.63) is 24.3 Å². The molecule has 1 atom stereocenters. The van der Waals surface area contributed by atoms with Crippen molar-refractivity contribution in [1.82, 2.24) is 14.9 Å². The van der Waals surface area contributed by atoms with Crippen LogP contribution < -0.4 is 14.8 Å². The van der Waals surface area contributed by atoms with Crippen molar-refractivity contribution in [2.24, 2.45) is 0 Å². The summed E-state index contributed by atoms with van der Waals surface area (Å²) >= 11 is 0. The standard InChI is InChI=1S/C16H25N3O5S/c1-13(16(20)17-7-8-19-9-11-24-12-10-19)18-25(21,22)15-5-3-14(23-2)4-6-15/h3-6,13,18H,7-12H2,1-2H3,(H,17,20)/t13-/m1/s1. The lowest BCUT2D eigenvalue weighted by Crippen LogP contribution is -2.47. The zero-order chi connectivity index (χ0) is 18.3. The summed E-state index contributed by atoms with van der Waals surface area (Å²) in [5.41, 5.74) is 0. The fourth-order valence-corrected chi connectivity index (χ4v) is 3.63. The number of hydrogen-bond acceptors (Lipinski definition) is 6. The lowest BCUT2D eigenvalue weighted by molar-refractivity contribution is -0.122. The Hall–Kier alpha value is -1.68. The SMILES string of the molecule is COc1ccc(S(=O)(=O)N[C@H](C)C(=O)NCCN2CCOCC2)cc1. The molecule has 8 nitrogen and oxygen atoms in total. The van der Waals surface area contributed by atoms with E-state index in [0.717, 1.165) is 13.1 Å². The number of nitrogens with one attached hydrogen (secondary N) is 2. The highest BCUT2D eigenvalue weighted by atomic mass is 32.2. The summed E-state index contributed by atoms with van der Waals surface area (Å²) in [5, 5.41) is 2.75. The van der Waals surface area contributed by atoms with Crippen LogP contribution in [-0.4, -0.2) is 71.8 Å². The van der Waals surface area contributed by atoms with E-state index in [2.05, 4.69) is 14.9 Å². The maximum Gasteiger partial charge on any atom is 0.241 e. The Morgan fingerprint density at radius 1 is 1.28 bits per heavy atom. The fraction of sp³-hybridized carbons (Fsp3) is 0.562. The van der Waals surface area contributed by atoms with E-state index in [9.17, 15) is 13.2 Å². The monoisotopic (exact) mass is 371 g/mol. The van der Waals surface area contributed by atoms with Crippen molar-refractivity contribution >= 4 is 15.9 Å². The third-order valence-corrected chi connectivity index (χ3v) is 5.48. The second kappa shape index (κ2) is 9.14. The molecule has 1 saturated heterocycles. The molecular formula is C16H25N3O5S. The number of carbonyl (C=O) groups is 1. The Morgan fingerprint density at radius 3 is 2.52 bits per heavy atom. The molecule has 0 aromatic heterocycles. The van der Waals surface area contributed by atoms with Crippen LogP contribution >= 0.6 is 0 Å².